The van der Waals surface area contributed by atoms with Crippen LogP contribution >= 0.6 is 0 Å². The number of carboxylic acid groups (broad SMARTS) is 1. The molecule has 20 heavy (non-hydrogen) atoms. The zero-order valence-electron chi connectivity index (χ0n) is 10.7. The minimum absolute atomic E-state index is 0.127. The van der Waals surface area contributed by atoms with Gasteiger partial charge < -0.3 is 20.1 Å². The highest BCUT2D eigenvalue weighted by Crippen LogP contribution is 2.01. The van der Waals surface area contributed by atoms with Gasteiger partial charge in [0.2, 0.25) is 0 Å². The molecule has 1 rings (SSSR count). The molecule has 1 unspecified atom stereocenters. The Hall–Kier alpha value is -2.64. The van der Waals surface area contributed by atoms with Crippen LogP contribution in [0.5, 0.6) is 0 Å². The Kier molecular flexibility index (Phi) is 5.45. The molecule has 1 aromatic rings. The van der Waals surface area contributed by atoms with E-state index in [1.165, 1.54) is 19.5 Å². The molecular weight excluding hydrogens is 268 g/mol. The van der Waals surface area contributed by atoms with E-state index in [9.17, 15) is 19.2 Å². The molecule has 0 bridgehead atoms. The summed E-state index contributed by atoms with van der Waals surface area (Å²) >= 11 is 0. The van der Waals surface area contributed by atoms with E-state index in [2.05, 4.69) is 15.0 Å². The molecule has 0 aromatic carbocycles. The number of carbonyl (C=O) groups excluding carboxylic acids is 2. The highest BCUT2D eigenvalue weighted by Gasteiger charge is 2.22. The Labute approximate surface area is 113 Å². The average Bonchev–Trinajstić information content (AvgIpc) is 2.42. The number of esters is 1. The number of amides is 1. The first-order valence-electron chi connectivity index (χ1n) is 5.73. The third-order valence-corrected chi connectivity index (χ3v) is 2.54. The van der Waals surface area contributed by atoms with Crippen LogP contribution in [0.4, 0.5) is 0 Å². The van der Waals surface area contributed by atoms with Crippen LogP contribution in [-0.4, -0.2) is 41.1 Å². The normalized spacial score (nSPS) is 11.4. The number of ether oxygens (including phenoxy) is 1. The number of pyridine rings is 1. The second-order valence-corrected chi connectivity index (χ2v) is 3.90. The molecule has 0 fully saturated rings. The molecule has 0 aliphatic rings. The van der Waals surface area contributed by atoms with E-state index in [1.54, 1.807) is 0 Å². The lowest BCUT2D eigenvalue weighted by molar-refractivity contribution is -0.142. The SMILES string of the molecule is COC(=O)CCC(NC(=O)c1c[nH]ccc1=O)C(=O)O. The van der Waals surface area contributed by atoms with Crippen LogP contribution in [0.1, 0.15) is 23.2 Å². The maximum absolute atomic E-state index is 11.8. The lowest BCUT2D eigenvalue weighted by Gasteiger charge is -2.13. The van der Waals surface area contributed by atoms with Gasteiger partial charge in [-0.15, -0.1) is 0 Å². The van der Waals surface area contributed by atoms with Crippen molar-refractivity contribution in [1.82, 2.24) is 10.3 Å². The highest BCUT2D eigenvalue weighted by molar-refractivity contribution is 5.96. The van der Waals surface area contributed by atoms with Gasteiger partial charge in [0, 0.05) is 24.9 Å². The van der Waals surface area contributed by atoms with Crippen molar-refractivity contribution in [1.29, 1.82) is 0 Å². The van der Waals surface area contributed by atoms with Gasteiger partial charge in [0.1, 0.15) is 11.6 Å². The Morgan fingerprint density at radius 2 is 2.15 bits per heavy atom. The second kappa shape index (κ2) is 7.07. The van der Waals surface area contributed by atoms with Crippen molar-refractivity contribution >= 4 is 17.8 Å². The second-order valence-electron chi connectivity index (χ2n) is 3.90. The first kappa shape index (κ1) is 15.4. The van der Waals surface area contributed by atoms with Crippen LogP contribution in [0.15, 0.2) is 23.3 Å². The number of carbonyl (C=O) groups is 3. The van der Waals surface area contributed by atoms with Crippen molar-refractivity contribution in [2.24, 2.45) is 0 Å². The van der Waals surface area contributed by atoms with Gasteiger partial charge >= 0.3 is 11.9 Å². The summed E-state index contributed by atoms with van der Waals surface area (Å²) in [5.41, 5.74) is -0.727. The number of aromatic nitrogens is 1. The van der Waals surface area contributed by atoms with Crippen LogP contribution in [-0.2, 0) is 14.3 Å². The standard InChI is InChI=1S/C12H14N2O6/c1-20-10(16)3-2-8(12(18)19)14-11(17)7-6-13-5-4-9(7)15/h4-6,8H,2-3H2,1H3,(H,13,15)(H,14,17)(H,18,19). The minimum Gasteiger partial charge on any atom is -0.480 e. The summed E-state index contributed by atoms with van der Waals surface area (Å²) in [6, 6.07) is -0.125. The molecule has 0 spiro atoms. The Morgan fingerprint density at radius 3 is 2.70 bits per heavy atom. The lowest BCUT2D eigenvalue weighted by atomic mass is 10.1. The van der Waals surface area contributed by atoms with E-state index in [-0.39, 0.29) is 18.4 Å². The lowest BCUT2D eigenvalue weighted by Crippen LogP contribution is -2.42. The van der Waals surface area contributed by atoms with Gasteiger partial charge in [0.15, 0.2) is 5.43 Å². The van der Waals surface area contributed by atoms with Crippen molar-refractivity contribution < 1.29 is 24.2 Å². The molecule has 0 aliphatic carbocycles. The molecule has 3 N–H and O–H groups in total. The molecule has 1 atom stereocenters. The number of carboxylic acids is 1. The predicted octanol–water partition coefficient (Wildman–Crippen LogP) is -0.489. The number of hydrogen-bond acceptors (Lipinski definition) is 5. The number of hydrogen-bond donors (Lipinski definition) is 3. The van der Waals surface area contributed by atoms with E-state index < -0.39 is 29.3 Å². The first-order chi connectivity index (χ1) is 9.45. The van der Waals surface area contributed by atoms with E-state index in [4.69, 9.17) is 5.11 Å². The van der Waals surface area contributed by atoms with Gasteiger partial charge in [-0.25, -0.2) is 4.79 Å². The minimum atomic E-state index is -1.30. The summed E-state index contributed by atoms with van der Waals surface area (Å²) in [5.74, 6) is -2.69. The summed E-state index contributed by atoms with van der Waals surface area (Å²) in [4.78, 5) is 47.7. The fraction of sp³-hybridized carbons (Fsp3) is 0.333. The Bertz CT molecular complexity index is 565. The third-order valence-electron chi connectivity index (χ3n) is 2.54. The number of aromatic amines is 1. The van der Waals surface area contributed by atoms with Gasteiger partial charge in [-0.1, -0.05) is 0 Å². The molecular formula is C12H14N2O6. The van der Waals surface area contributed by atoms with E-state index >= 15 is 0 Å². The largest absolute Gasteiger partial charge is 0.480 e. The predicted molar refractivity (Wildman–Crippen MR) is 67.2 cm³/mol. The van der Waals surface area contributed by atoms with Crippen LogP contribution < -0.4 is 10.7 Å². The number of H-pyrrole nitrogens is 1. The number of aliphatic carboxylic acids is 1. The summed E-state index contributed by atoms with van der Waals surface area (Å²) < 4.78 is 4.39. The zero-order chi connectivity index (χ0) is 15.1. The smallest absolute Gasteiger partial charge is 0.326 e. The molecule has 108 valence electrons. The van der Waals surface area contributed by atoms with Crippen molar-refractivity contribution in [3.8, 4) is 0 Å². The average molecular weight is 282 g/mol. The van der Waals surface area contributed by atoms with Gasteiger partial charge in [0.05, 0.1) is 7.11 Å². The van der Waals surface area contributed by atoms with Gasteiger partial charge in [-0.05, 0) is 6.42 Å². The Balaban J connectivity index is 2.74. The van der Waals surface area contributed by atoms with Crippen LogP contribution in [0.3, 0.4) is 0 Å². The fourth-order valence-corrected chi connectivity index (χ4v) is 1.45. The van der Waals surface area contributed by atoms with Crippen molar-refractivity contribution in [2.45, 2.75) is 18.9 Å². The van der Waals surface area contributed by atoms with Crippen LogP contribution in [0.25, 0.3) is 0 Å². The molecule has 1 amide bonds. The molecule has 0 saturated heterocycles. The Morgan fingerprint density at radius 1 is 1.45 bits per heavy atom. The maximum Gasteiger partial charge on any atom is 0.326 e. The zero-order valence-corrected chi connectivity index (χ0v) is 10.7. The first-order valence-corrected chi connectivity index (χ1v) is 5.73. The molecule has 0 aliphatic heterocycles. The number of methoxy groups -OCH3 is 1. The van der Waals surface area contributed by atoms with Gasteiger partial charge in [0.25, 0.3) is 5.91 Å². The number of rotatable bonds is 6. The van der Waals surface area contributed by atoms with E-state index in [0.29, 0.717) is 0 Å². The van der Waals surface area contributed by atoms with Crippen LogP contribution in [0.2, 0.25) is 0 Å². The summed E-state index contributed by atoms with van der Waals surface area (Å²) in [5, 5.41) is 11.2. The van der Waals surface area contributed by atoms with Crippen molar-refractivity contribution in [3.05, 3.63) is 34.2 Å². The third kappa shape index (κ3) is 4.23. The monoisotopic (exact) mass is 282 g/mol. The van der Waals surface area contributed by atoms with Gasteiger partial charge in [-0.2, -0.15) is 0 Å². The maximum atomic E-state index is 11.8. The van der Waals surface area contributed by atoms with Gasteiger partial charge in [-0.3, -0.25) is 14.4 Å². The summed E-state index contributed by atoms with van der Waals surface area (Å²) in [6.07, 6.45) is 2.25. The quantitative estimate of drug-likeness (QED) is 0.604. The van der Waals surface area contributed by atoms with E-state index in [0.717, 1.165) is 6.07 Å². The molecule has 0 saturated carbocycles. The van der Waals surface area contributed by atoms with Crippen molar-refractivity contribution in [3.63, 3.8) is 0 Å². The fourth-order valence-electron chi connectivity index (χ4n) is 1.45. The van der Waals surface area contributed by atoms with Crippen molar-refractivity contribution in [2.75, 3.05) is 7.11 Å². The molecule has 1 aromatic heterocycles. The molecule has 8 nitrogen and oxygen atoms in total. The van der Waals surface area contributed by atoms with E-state index in [1.807, 2.05) is 0 Å². The molecule has 0 radical (unpaired) electrons. The molecule has 8 heteroatoms. The molecule has 1 heterocycles. The highest BCUT2D eigenvalue weighted by atomic mass is 16.5. The number of nitrogens with one attached hydrogen (secondary N) is 2. The summed E-state index contributed by atoms with van der Waals surface area (Å²) in [7, 11) is 1.18. The van der Waals surface area contributed by atoms with Crippen LogP contribution in [0, 0.1) is 0 Å². The summed E-state index contributed by atoms with van der Waals surface area (Å²) in [6.45, 7) is 0. The topological polar surface area (TPSA) is 126 Å².